The van der Waals surface area contributed by atoms with E-state index in [4.69, 9.17) is 0 Å². The van der Waals surface area contributed by atoms with Gasteiger partial charge in [0.2, 0.25) is 0 Å². The smallest absolute Gasteiger partial charge is 0.892 e. The molecule has 0 aromatic rings. The number of hydrogen-bond donors (Lipinski definition) is 0. The van der Waals surface area contributed by atoms with Crippen molar-refractivity contribution in [1.82, 2.24) is 4.90 Å². The standard InChI is InChI=1S/C7H11BF3NO2.2K/c1-6(9)3-2-4-12(5-8(13)14)7(6,10)11;;/h2-5H2,1H3;;/q-2;2*+1/t6-;;/m0../s1. The van der Waals surface area contributed by atoms with E-state index < -0.39 is 25.3 Å². The summed E-state index contributed by atoms with van der Waals surface area (Å²) in [5.41, 5.74) is -2.65. The van der Waals surface area contributed by atoms with Crippen molar-refractivity contribution in [3.8, 4) is 0 Å². The van der Waals surface area contributed by atoms with Crippen LogP contribution in [0.5, 0.6) is 0 Å². The van der Waals surface area contributed by atoms with Crippen molar-refractivity contribution in [3.05, 3.63) is 0 Å². The number of alkyl halides is 3. The van der Waals surface area contributed by atoms with Gasteiger partial charge in [-0.1, -0.05) is 13.6 Å². The maximum absolute atomic E-state index is 13.4. The first kappa shape index (κ1) is 21.3. The third-order valence-electron chi connectivity index (χ3n) is 2.47. The second-order valence-electron chi connectivity index (χ2n) is 3.72. The first-order chi connectivity index (χ1) is 6.27. The average molecular weight is 287 g/mol. The molecule has 1 rings (SSSR count). The Labute approximate surface area is 179 Å². The van der Waals surface area contributed by atoms with Crippen molar-refractivity contribution in [2.45, 2.75) is 31.5 Å². The summed E-state index contributed by atoms with van der Waals surface area (Å²) in [7, 11) is -2.37. The second-order valence-corrected chi connectivity index (χ2v) is 3.72. The van der Waals surface area contributed by atoms with Crippen molar-refractivity contribution in [1.29, 1.82) is 0 Å². The van der Waals surface area contributed by atoms with E-state index in [1.807, 2.05) is 0 Å². The number of piperidine rings is 1. The fourth-order valence-electron chi connectivity index (χ4n) is 1.61. The SMILES string of the molecule is C[C@]1(F)CCCN(CB([O-])[O-])C1(F)F.[K+].[K+]. The van der Waals surface area contributed by atoms with Gasteiger partial charge in [0.25, 0.3) is 0 Å². The van der Waals surface area contributed by atoms with Gasteiger partial charge in [-0.15, -0.1) is 0 Å². The van der Waals surface area contributed by atoms with Crippen molar-refractivity contribution in [3.63, 3.8) is 0 Å². The van der Waals surface area contributed by atoms with E-state index in [9.17, 15) is 23.2 Å². The number of halogens is 3. The minimum Gasteiger partial charge on any atom is -0.892 e. The number of hydrogen-bond acceptors (Lipinski definition) is 3. The summed E-state index contributed by atoms with van der Waals surface area (Å²) in [5.74, 6) is 0. The van der Waals surface area contributed by atoms with Gasteiger partial charge < -0.3 is 10.0 Å². The molecule has 1 saturated heterocycles. The van der Waals surface area contributed by atoms with Gasteiger partial charge in [-0.2, -0.15) is 8.78 Å². The summed E-state index contributed by atoms with van der Waals surface area (Å²) in [5, 5.41) is 20.5. The van der Waals surface area contributed by atoms with Crippen LogP contribution in [0, 0.1) is 0 Å². The van der Waals surface area contributed by atoms with Crippen LogP contribution in [0.2, 0.25) is 0 Å². The molecule has 16 heavy (non-hydrogen) atoms. The predicted octanol–water partition coefficient (Wildman–Crippen LogP) is -6.84. The molecule has 0 spiro atoms. The minimum absolute atomic E-state index is 0. The monoisotopic (exact) mass is 287 g/mol. The molecule has 0 amide bonds. The molecule has 0 saturated carbocycles. The average Bonchev–Trinajstić information content (AvgIpc) is 1.98. The Balaban J connectivity index is 0. The van der Waals surface area contributed by atoms with Crippen molar-refractivity contribution in [2.24, 2.45) is 0 Å². The molecule has 1 aliphatic rings. The van der Waals surface area contributed by atoms with Crippen LogP contribution in [0.15, 0.2) is 0 Å². The third-order valence-corrected chi connectivity index (χ3v) is 2.47. The molecule has 0 N–H and O–H groups in total. The number of nitrogens with zero attached hydrogens (tertiary/aromatic N) is 1. The fraction of sp³-hybridized carbons (Fsp3) is 1.00. The van der Waals surface area contributed by atoms with Crippen molar-refractivity contribution >= 4 is 7.12 Å². The molecular weight excluding hydrogens is 276 g/mol. The van der Waals surface area contributed by atoms with Crippen molar-refractivity contribution < 1.29 is 126 Å². The summed E-state index contributed by atoms with van der Waals surface area (Å²) < 4.78 is 39.9. The van der Waals surface area contributed by atoms with Crippen LogP contribution in [0.3, 0.4) is 0 Å². The maximum Gasteiger partial charge on any atom is 1.00 e. The Hall–Kier alpha value is 3.01. The molecule has 82 valence electrons. The zero-order valence-corrected chi connectivity index (χ0v) is 16.0. The zero-order valence-electron chi connectivity index (χ0n) is 9.80. The van der Waals surface area contributed by atoms with Gasteiger partial charge in [-0.25, -0.2) is 4.39 Å². The van der Waals surface area contributed by atoms with Crippen LogP contribution in [0.1, 0.15) is 19.8 Å². The Morgan fingerprint density at radius 2 is 1.75 bits per heavy atom. The van der Waals surface area contributed by atoms with Gasteiger partial charge in [0, 0.05) is 6.54 Å². The number of likely N-dealkylation sites (tertiary alicyclic amines) is 1. The predicted molar refractivity (Wildman–Crippen MR) is 41.0 cm³/mol. The summed E-state index contributed by atoms with van der Waals surface area (Å²) >= 11 is 0. The van der Waals surface area contributed by atoms with E-state index in [0.29, 0.717) is 4.90 Å². The van der Waals surface area contributed by atoms with Crippen LogP contribution < -0.4 is 113 Å². The first-order valence-electron chi connectivity index (χ1n) is 4.41. The largest absolute Gasteiger partial charge is 1.00 e. The van der Waals surface area contributed by atoms with E-state index >= 15 is 0 Å². The Morgan fingerprint density at radius 3 is 2.19 bits per heavy atom. The van der Waals surface area contributed by atoms with Gasteiger partial charge in [-0.05, 0) is 19.8 Å². The summed E-state index contributed by atoms with van der Waals surface area (Å²) in [6.07, 6.45) is -0.874. The molecule has 3 nitrogen and oxygen atoms in total. The molecule has 0 radical (unpaired) electrons. The Bertz CT molecular complexity index is 222. The number of rotatable bonds is 2. The van der Waals surface area contributed by atoms with Gasteiger partial charge in [0.1, 0.15) is 0 Å². The van der Waals surface area contributed by atoms with Gasteiger partial charge in [0.15, 0.2) is 5.67 Å². The normalized spacial score (nSPS) is 28.9. The summed E-state index contributed by atoms with van der Waals surface area (Å²) in [6.45, 7) is 0.692. The van der Waals surface area contributed by atoms with Gasteiger partial charge in [-0.3, -0.25) is 4.90 Å². The molecule has 0 bridgehead atoms. The molecule has 1 aliphatic heterocycles. The maximum atomic E-state index is 13.4. The van der Waals surface area contributed by atoms with E-state index in [1.165, 1.54) is 0 Å². The fourth-order valence-corrected chi connectivity index (χ4v) is 1.61. The molecule has 9 heteroatoms. The zero-order chi connectivity index (χ0) is 11.0. The molecule has 1 atom stereocenters. The molecule has 0 unspecified atom stereocenters. The molecule has 0 aromatic carbocycles. The van der Waals surface area contributed by atoms with E-state index in [0.717, 1.165) is 6.92 Å². The Morgan fingerprint density at radius 1 is 1.25 bits per heavy atom. The quantitative estimate of drug-likeness (QED) is 0.375. The van der Waals surface area contributed by atoms with Crippen LogP contribution >= 0.6 is 0 Å². The summed E-state index contributed by atoms with van der Waals surface area (Å²) in [6, 6.07) is -3.71. The van der Waals surface area contributed by atoms with Gasteiger partial charge >= 0.3 is 109 Å². The second kappa shape index (κ2) is 8.33. The van der Waals surface area contributed by atoms with E-state index in [-0.39, 0.29) is 122 Å². The first-order valence-corrected chi connectivity index (χ1v) is 4.41. The third kappa shape index (κ3) is 5.18. The summed E-state index contributed by atoms with van der Waals surface area (Å²) in [4.78, 5) is 0.348. The van der Waals surface area contributed by atoms with Crippen LogP contribution in [0.25, 0.3) is 0 Å². The van der Waals surface area contributed by atoms with Gasteiger partial charge in [0.05, 0.1) is 0 Å². The minimum atomic E-state index is -3.71. The topological polar surface area (TPSA) is 49.4 Å². The van der Waals surface area contributed by atoms with Crippen LogP contribution in [-0.4, -0.2) is 36.7 Å². The molecule has 1 heterocycles. The van der Waals surface area contributed by atoms with Crippen LogP contribution in [-0.2, 0) is 0 Å². The molecular formula is C7H11BF3K2NO2. The Kier molecular flexibility index (Phi) is 11.1. The van der Waals surface area contributed by atoms with E-state index in [2.05, 4.69) is 0 Å². The molecule has 0 aliphatic carbocycles. The van der Waals surface area contributed by atoms with Crippen LogP contribution in [0.4, 0.5) is 13.2 Å². The van der Waals surface area contributed by atoms with Crippen molar-refractivity contribution in [2.75, 3.05) is 13.0 Å². The molecule has 0 aromatic heterocycles. The molecule has 1 fully saturated rings. The van der Waals surface area contributed by atoms with E-state index in [1.54, 1.807) is 0 Å².